The Labute approximate surface area is 147 Å². The summed E-state index contributed by atoms with van der Waals surface area (Å²) in [7, 11) is 0. The molecule has 1 aliphatic carbocycles. The average Bonchev–Trinajstić information content (AvgIpc) is 2.60. The number of amides is 3. The van der Waals surface area contributed by atoms with Gasteiger partial charge in [-0.25, -0.2) is 4.79 Å². The van der Waals surface area contributed by atoms with Crippen LogP contribution in [0.2, 0.25) is 0 Å². The maximum atomic E-state index is 11.8. The molecule has 2 rings (SSSR count). The molecule has 1 fully saturated rings. The number of benzene rings is 1. The standard InChI is InChI=1S/C18H27N3O4/c22-15-8-4-5-13(11-15)16(23)12-20-18(25)19-10-9-17(24)21-14-6-2-1-3-7-14/h4-5,8,11,14,16,22-23H,1-3,6-7,9-10,12H2,(H,21,24)(H2,19,20,25)/t16-/m1/s1. The van der Waals surface area contributed by atoms with E-state index in [1.807, 2.05) is 0 Å². The number of aromatic hydroxyl groups is 1. The number of phenolic OH excluding ortho intramolecular Hbond substituents is 1. The Bertz CT molecular complexity index is 573. The largest absolute Gasteiger partial charge is 0.508 e. The Morgan fingerprint density at radius 2 is 1.92 bits per heavy atom. The number of carbonyl (C=O) groups excluding carboxylic acids is 2. The Kier molecular flexibility index (Phi) is 7.53. The van der Waals surface area contributed by atoms with Crippen LogP contribution in [0.15, 0.2) is 24.3 Å². The summed E-state index contributed by atoms with van der Waals surface area (Å²) in [5.74, 6) is 0.0111. The van der Waals surface area contributed by atoms with Crippen LogP contribution in [0.3, 0.4) is 0 Å². The molecule has 0 spiro atoms. The highest BCUT2D eigenvalue weighted by molar-refractivity contribution is 5.78. The average molecular weight is 349 g/mol. The lowest BCUT2D eigenvalue weighted by atomic mass is 9.95. The van der Waals surface area contributed by atoms with Gasteiger partial charge in [-0.3, -0.25) is 4.79 Å². The third kappa shape index (κ3) is 7.01. The maximum absolute atomic E-state index is 11.8. The molecule has 1 atom stereocenters. The highest BCUT2D eigenvalue weighted by atomic mass is 16.3. The minimum Gasteiger partial charge on any atom is -0.508 e. The minimum absolute atomic E-state index is 0.0174. The smallest absolute Gasteiger partial charge is 0.314 e. The van der Waals surface area contributed by atoms with Gasteiger partial charge in [-0.2, -0.15) is 0 Å². The number of nitrogens with one attached hydrogen (secondary N) is 3. The summed E-state index contributed by atoms with van der Waals surface area (Å²) in [6.07, 6.45) is 4.95. The first-order valence-electron chi connectivity index (χ1n) is 8.82. The van der Waals surface area contributed by atoms with E-state index in [4.69, 9.17) is 0 Å². The van der Waals surface area contributed by atoms with Crippen molar-refractivity contribution >= 4 is 11.9 Å². The molecule has 7 nitrogen and oxygen atoms in total. The van der Waals surface area contributed by atoms with Crippen LogP contribution in [0.5, 0.6) is 5.75 Å². The van der Waals surface area contributed by atoms with Gasteiger partial charge in [0.2, 0.25) is 5.91 Å². The zero-order valence-corrected chi connectivity index (χ0v) is 14.3. The lowest BCUT2D eigenvalue weighted by Gasteiger charge is -2.22. The number of urea groups is 1. The maximum Gasteiger partial charge on any atom is 0.314 e. The molecule has 0 bridgehead atoms. The second kappa shape index (κ2) is 9.88. The van der Waals surface area contributed by atoms with Crippen LogP contribution in [0.1, 0.15) is 50.2 Å². The van der Waals surface area contributed by atoms with Crippen molar-refractivity contribution in [2.24, 2.45) is 0 Å². The molecule has 7 heteroatoms. The number of phenols is 1. The summed E-state index contributed by atoms with van der Waals surface area (Å²) in [4.78, 5) is 23.5. The van der Waals surface area contributed by atoms with Crippen LogP contribution in [0, 0.1) is 0 Å². The monoisotopic (exact) mass is 349 g/mol. The molecule has 5 N–H and O–H groups in total. The van der Waals surface area contributed by atoms with E-state index in [-0.39, 0.29) is 37.2 Å². The van der Waals surface area contributed by atoms with Gasteiger partial charge >= 0.3 is 6.03 Å². The van der Waals surface area contributed by atoms with Crippen molar-refractivity contribution in [1.82, 2.24) is 16.0 Å². The van der Waals surface area contributed by atoms with Crippen molar-refractivity contribution in [1.29, 1.82) is 0 Å². The van der Waals surface area contributed by atoms with Crippen molar-refractivity contribution < 1.29 is 19.8 Å². The number of aliphatic hydroxyl groups is 1. The summed E-state index contributed by atoms with van der Waals surface area (Å²) < 4.78 is 0. The molecule has 0 heterocycles. The highest BCUT2D eigenvalue weighted by Gasteiger charge is 2.15. The van der Waals surface area contributed by atoms with Crippen LogP contribution >= 0.6 is 0 Å². The third-order valence-electron chi connectivity index (χ3n) is 4.32. The minimum atomic E-state index is -0.910. The fourth-order valence-electron chi connectivity index (χ4n) is 2.94. The molecule has 1 saturated carbocycles. The first-order chi connectivity index (χ1) is 12.0. The van der Waals surface area contributed by atoms with Crippen LogP contribution in [0.4, 0.5) is 4.79 Å². The Balaban J connectivity index is 1.59. The normalized spacial score (nSPS) is 16.0. The molecule has 0 unspecified atom stereocenters. The van der Waals surface area contributed by atoms with Crippen LogP contribution in [-0.4, -0.2) is 41.3 Å². The van der Waals surface area contributed by atoms with E-state index in [1.54, 1.807) is 12.1 Å². The Hall–Kier alpha value is -2.28. The van der Waals surface area contributed by atoms with E-state index in [9.17, 15) is 19.8 Å². The van der Waals surface area contributed by atoms with Crippen molar-refractivity contribution in [3.8, 4) is 5.75 Å². The van der Waals surface area contributed by atoms with Gasteiger partial charge < -0.3 is 26.2 Å². The first kappa shape index (κ1) is 19.1. The zero-order chi connectivity index (χ0) is 18.1. The van der Waals surface area contributed by atoms with Crippen molar-refractivity contribution in [3.05, 3.63) is 29.8 Å². The van der Waals surface area contributed by atoms with Gasteiger partial charge in [0.1, 0.15) is 5.75 Å². The van der Waals surface area contributed by atoms with Gasteiger partial charge in [0.25, 0.3) is 0 Å². The number of carbonyl (C=O) groups is 2. The van der Waals surface area contributed by atoms with E-state index in [0.29, 0.717) is 5.56 Å². The molecule has 1 aromatic rings. The second-order valence-electron chi connectivity index (χ2n) is 6.40. The molecule has 1 aromatic carbocycles. The van der Waals surface area contributed by atoms with Gasteiger partial charge in [0.15, 0.2) is 0 Å². The molecule has 25 heavy (non-hydrogen) atoms. The molecular formula is C18H27N3O4. The Morgan fingerprint density at radius 3 is 2.64 bits per heavy atom. The first-order valence-corrected chi connectivity index (χ1v) is 8.82. The van der Waals surface area contributed by atoms with Crippen molar-refractivity contribution in [3.63, 3.8) is 0 Å². The van der Waals surface area contributed by atoms with Crippen molar-refractivity contribution in [2.45, 2.75) is 50.7 Å². The molecule has 0 aliphatic heterocycles. The molecule has 0 aromatic heterocycles. The zero-order valence-electron chi connectivity index (χ0n) is 14.3. The lowest BCUT2D eigenvalue weighted by Crippen LogP contribution is -2.41. The molecule has 1 aliphatic rings. The van der Waals surface area contributed by atoms with E-state index in [0.717, 1.165) is 25.7 Å². The summed E-state index contributed by atoms with van der Waals surface area (Å²) in [6.45, 7) is 0.260. The van der Waals surface area contributed by atoms with Gasteiger partial charge in [-0.05, 0) is 30.5 Å². The van der Waals surface area contributed by atoms with E-state index in [2.05, 4.69) is 16.0 Å². The lowest BCUT2D eigenvalue weighted by molar-refractivity contribution is -0.121. The number of rotatable bonds is 7. The summed E-state index contributed by atoms with van der Waals surface area (Å²) in [5.41, 5.74) is 0.521. The molecule has 138 valence electrons. The SMILES string of the molecule is O=C(CCNC(=O)NC[C@@H](O)c1cccc(O)c1)NC1CCCCC1. The fourth-order valence-corrected chi connectivity index (χ4v) is 2.94. The molecule has 0 saturated heterocycles. The topological polar surface area (TPSA) is 111 Å². The van der Waals surface area contributed by atoms with E-state index >= 15 is 0 Å². The number of hydrogen-bond acceptors (Lipinski definition) is 4. The fraction of sp³-hybridized carbons (Fsp3) is 0.556. The number of aliphatic hydroxyl groups excluding tert-OH is 1. The van der Waals surface area contributed by atoms with Crippen LogP contribution < -0.4 is 16.0 Å². The summed E-state index contributed by atoms with van der Waals surface area (Å²) in [6, 6.07) is 6.07. The molecular weight excluding hydrogens is 322 g/mol. The molecule has 0 radical (unpaired) electrons. The third-order valence-corrected chi connectivity index (χ3v) is 4.32. The quantitative estimate of drug-likeness (QED) is 0.514. The van der Waals surface area contributed by atoms with Gasteiger partial charge in [0.05, 0.1) is 6.10 Å². The Morgan fingerprint density at radius 1 is 1.16 bits per heavy atom. The second-order valence-corrected chi connectivity index (χ2v) is 6.40. The van der Waals surface area contributed by atoms with Crippen LogP contribution in [-0.2, 0) is 4.79 Å². The number of hydrogen-bond donors (Lipinski definition) is 5. The molecule has 3 amide bonds. The highest BCUT2D eigenvalue weighted by Crippen LogP contribution is 2.18. The van der Waals surface area contributed by atoms with Crippen LogP contribution in [0.25, 0.3) is 0 Å². The summed E-state index contributed by atoms with van der Waals surface area (Å²) in [5, 5.41) is 27.5. The van der Waals surface area contributed by atoms with E-state index in [1.165, 1.54) is 18.6 Å². The predicted octanol–water partition coefficient (Wildman–Crippen LogP) is 1.56. The van der Waals surface area contributed by atoms with Crippen molar-refractivity contribution in [2.75, 3.05) is 13.1 Å². The van der Waals surface area contributed by atoms with Gasteiger partial charge in [-0.1, -0.05) is 31.4 Å². The summed E-state index contributed by atoms with van der Waals surface area (Å²) >= 11 is 0. The predicted molar refractivity (Wildman–Crippen MR) is 94.1 cm³/mol. The van der Waals surface area contributed by atoms with Gasteiger partial charge in [-0.15, -0.1) is 0 Å². The van der Waals surface area contributed by atoms with E-state index < -0.39 is 12.1 Å². The van der Waals surface area contributed by atoms with Gasteiger partial charge in [0, 0.05) is 25.6 Å².